The molecule has 92 valence electrons. The van der Waals surface area contributed by atoms with Gasteiger partial charge in [0.25, 0.3) is 0 Å². The van der Waals surface area contributed by atoms with Crippen molar-refractivity contribution in [3.8, 4) is 0 Å². The highest BCUT2D eigenvalue weighted by molar-refractivity contribution is 14.1. The average molecular weight is 344 g/mol. The van der Waals surface area contributed by atoms with Crippen molar-refractivity contribution in [3.05, 3.63) is 45.0 Å². The quantitative estimate of drug-likeness (QED) is 0.670. The molecule has 0 spiro atoms. The van der Waals surface area contributed by atoms with Crippen molar-refractivity contribution in [2.24, 2.45) is 5.92 Å². The summed E-state index contributed by atoms with van der Waals surface area (Å²) in [4.78, 5) is 11.9. The van der Waals surface area contributed by atoms with E-state index >= 15 is 0 Å². The molecule has 1 aromatic rings. The molecule has 0 fully saturated rings. The van der Waals surface area contributed by atoms with Crippen LogP contribution in [-0.4, -0.2) is 10.9 Å². The van der Waals surface area contributed by atoms with Crippen LogP contribution in [0.1, 0.15) is 31.1 Å². The summed E-state index contributed by atoms with van der Waals surface area (Å²) in [7, 11) is 0. The van der Waals surface area contributed by atoms with E-state index in [0.717, 1.165) is 11.1 Å². The summed E-state index contributed by atoms with van der Waals surface area (Å²) in [5.41, 5.74) is 2.35. The van der Waals surface area contributed by atoms with Gasteiger partial charge in [0, 0.05) is 11.5 Å². The van der Waals surface area contributed by atoms with Crippen LogP contribution in [0.25, 0.3) is 0 Å². The van der Waals surface area contributed by atoms with E-state index < -0.39 is 6.10 Å². The highest BCUT2D eigenvalue weighted by atomic mass is 127. The Morgan fingerprint density at radius 3 is 2.24 bits per heavy atom. The summed E-state index contributed by atoms with van der Waals surface area (Å²) >= 11 is 2.00. The van der Waals surface area contributed by atoms with Gasteiger partial charge in [0.1, 0.15) is 6.10 Å². The Labute approximate surface area is 116 Å². The first kappa shape index (κ1) is 14.4. The lowest BCUT2D eigenvalue weighted by molar-refractivity contribution is -0.119. The second-order valence-electron chi connectivity index (χ2n) is 4.40. The number of halogens is 1. The third kappa shape index (κ3) is 3.64. The SMILES string of the molecule is Cc1ccc(C(O)/C(=C/I)C(=O)C(C)C)cc1. The lowest BCUT2D eigenvalue weighted by Crippen LogP contribution is -2.16. The lowest BCUT2D eigenvalue weighted by Gasteiger charge is -2.15. The highest BCUT2D eigenvalue weighted by Crippen LogP contribution is 2.25. The number of hydrogen-bond donors (Lipinski definition) is 1. The summed E-state index contributed by atoms with van der Waals surface area (Å²) in [6.45, 7) is 5.67. The first-order valence-corrected chi connectivity index (χ1v) is 6.81. The second kappa shape index (κ2) is 6.31. The molecule has 1 unspecified atom stereocenters. The zero-order chi connectivity index (χ0) is 13.0. The van der Waals surface area contributed by atoms with Crippen LogP contribution >= 0.6 is 22.6 Å². The predicted molar refractivity (Wildman–Crippen MR) is 78.1 cm³/mol. The fourth-order valence-electron chi connectivity index (χ4n) is 1.51. The van der Waals surface area contributed by atoms with Crippen LogP contribution in [0.2, 0.25) is 0 Å². The monoisotopic (exact) mass is 344 g/mol. The van der Waals surface area contributed by atoms with Gasteiger partial charge in [-0.05, 0) is 16.6 Å². The van der Waals surface area contributed by atoms with Gasteiger partial charge in [-0.15, -0.1) is 0 Å². The van der Waals surface area contributed by atoms with Gasteiger partial charge in [-0.3, -0.25) is 4.79 Å². The van der Waals surface area contributed by atoms with Crippen molar-refractivity contribution in [2.45, 2.75) is 26.9 Å². The fourth-order valence-corrected chi connectivity index (χ4v) is 2.16. The molecule has 0 bridgehead atoms. The summed E-state index contributed by atoms with van der Waals surface area (Å²) in [6, 6.07) is 7.58. The van der Waals surface area contributed by atoms with Gasteiger partial charge in [0.2, 0.25) is 0 Å². The van der Waals surface area contributed by atoms with Crippen LogP contribution in [0.15, 0.2) is 33.9 Å². The highest BCUT2D eigenvalue weighted by Gasteiger charge is 2.21. The van der Waals surface area contributed by atoms with E-state index in [1.807, 2.05) is 67.6 Å². The second-order valence-corrected chi connectivity index (χ2v) is 5.02. The summed E-state index contributed by atoms with van der Waals surface area (Å²) in [5.74, 6) is -0.108. The Morgan fingerprint density at radius 2 is 1.82 bits per heavy atom. The molecule has 0 aliphatic rings. The molecular weight excluding hydrogens is 327 g/mol. The smallest absolute Gasteiger partial charge is 0.164 e. The molecule has 1 N–H and O–H groups in total. The van der Waals surface area contributed by atoms with Crippen molar-refractivity contribution >= 4 is 28.4 Å². The van der Waals surface area contributed by atoms with E-state index in [1.165, 1.54) is 0 Å². The summed E-state index contributed by atoms with van der Waals surface area (Å²) in [6.07, 6.45) is -0.831. The van der Waals surface area contributed by atoms with E-state index in [9.17, 15) is 9.90 Å². The molecule has 0 amide bonds. The molecule has 0 saturated heterocycles. The third-order valence-corrected chi connectivity index (χ3v) is 3.29. The Morgan fingerprint density at radius 1 is 1.29 bits per heavy atom. The first-order valence-electron chi connectivity index (χ1n) is 5.56. The lowest BCUT2D eigenvalue weighted by atomic mass is 9.94. The van der Waals surface area contributed by atoms with E-state index in [1.54, 1.807) is 4.08 Å². The molecule has 17 heavy (non-hydrogen) atoms. The van der Waals surface area contributed by atoms with Gasteiger partial charge in [-0.25, -0.2) is 0 Å². The number of aliphatic hydroxyl groups is 1. The van der Waals surface area contributed by atoms with Crippen molar-refractivity contribution in [2.75, 3.05) is 0 Å². The molecule has 1 aromatic carbocycles. The minimum absolute atomic E-state index is 0.00697. The number of ketones is 1. The maximum Gasteiger partial charge on any atom is 0.164 e. The molecular formula is C14H17IO2. The molecule has 1 rings (SSSR count). The van der Waals surface area contributed by atoms with Crippen molar-refractivity contribution < 1.29 is 9.90 Å². The third-order valence-electron chi connectivity index (χ3n) is 2.61. The Bertz CT molecular complexity index is 418. The van der Waals surface area contributed by atoms with Crippen LogP contribution in [0.5, 0.6) is 0 Å². The van der Waals surface area contributed by atoms with Crippen LogP contribution < -0.4 is 0 Å². The number of hydrogen-bond acceptors (Lipinski definition) is 2. The van der Waals surface area contributed by atoms with E-state index in [0.29, 0.717) is 5.57 Å². The summed E-state index contributed by atoms with van der Waals surface area (Å²) < 4.78 is 1.67. The van der Waals surface area contributed by atoms with Crippen LogP contribution in [0, 0.1) is 12.8 Å². The normalized spacial score (nSPS) is 13.9. The average Bonchev–Trinajstić information content (AvgIpc) is 2.30. The molecule has 0 aromatic heterocycles. The minimum atomic E-state index is -0.831. The van der Waals surface area contributed by atoms with E-state index in [-0.39, 0.29) is 11.7 Å². The predicted octanol–water partition coefficient (Wildman–Crippen LogP) is 3.57. The van der Waals surface area contributed by atoms with Gasteiger partial charge < -0.3 is 5.11 Å². The zero-order valence-corrected chi connectivity index (χ0v) is 12.4. The topological polar surface area (TPSA) is 37.3 Å². The Balaban J connectivity index is 2.98. The molecule has 0 heterocycles. The number of benzene rings is 1. The maximum absolute atomic E-state index is 11.9. The minimum Gasteiger partial charge on any atom is -0.384 e. The number of aliphatic hydroxyl groups excluding tert-OH is 1. The molecule has 0 aliphatic heterocycles. The van der Waals surface area contributed by atoms with Crippen molar-refractivity contribution in [1.29, 1.82) is 0 Å². The Hall–Kier alpha value is -0.680. The summed E-state index contributed by atoms with van der Waals surface area (Å²) in [5, 5.41) is 10.2. The number of rotatable bonds is 4. The van der Waals surface area contributed by atoms with E-state index in [2.05, 4.69) is 0 Å². The van der Waals surface area contributed by atoms with E-state index in [4.69, 9.17) is 0 Å². The van der Waals surface area contributed by atoms with Crippen LogP contribution in [-0.2, 0) is 4.79 Å². The van der Waals surface area contributed by atoms with Gasteiger partial charge in [-0.2, -0.15) is 0 Å². The van der Waals surface area contributed by atoms with Gasteiger partial charge in [0.05, 0.1) is 0 Å². The fraction of sp³-hybridized carbons (Fsp3) is 0.357. The number of carbonyl (C=O) groups excluding carboxylic acids is 1. The molecule has 0 saturated carbocycles. The number of carbonyl (C=O) groups is 1. The van der Waals surface area contributed by atoms with Crippen LogP contribution in [0.4, 0.5) is 0 Å². The van der Waals surface area contributed by atoms with Gasteiger partial charge in [-0.1, -0.05) is 66.3 Å². The largest absolute Gasteiger partial charge is 0.384 e. The van der Waals surface area contributed by atoms with Crippen molar-refractivity contribution in [1.82, 2.24) is 0 Å². The van der Waals surface area contributed by atoms with Gasteiger partial charge in [0.15, 0.2) is 5.78 Å². The molecule has 1 atom stereocenters. The molecule has 0 aliphatic carbocycles. The molecule has 3 heteroatoms. The van der Waals surface area contributed by atoms with Crippen LogP contribution in [0.3, 0.4) is 0 Å². The Kier molecular flexibility index (Phi) is 5.33. The molecule has 2 nitrogen and oxygen atoms in total. The standard InChI is InChI=1S/C14H17IO2/c1-9(2)13(16)12(8-15)14(17)11-6-4-10(3)5-7-11/h4-9,14,17H,1-3H3/b12-8+. The van der Waals surface area contributed by atoms with Gasteiger partial charge >= 0.3 is 0 Å². The first-order chi connectivity index (χ1) is 7.97. The number of aryl methyl sites for hydroxylation is 1. The molecule has 0 radical (unpaired) electrons. The zero-order valence-electron chi connectivity index (χ0n) is 10.3. The maximum atomic E-state index is 11.9. The van der Waals surface area contributed by atoms with Crippen molar-refractivity contribution in [3.63, 3.8) is 0 Å². The number of Topliss-reactive ketones (excluding diaryl/α,β-unsaturated/α-hetero) is 1.